The first-order valence-corrected chi connectivity index (χ1v) is 11.8. The van der Waals surface area contributed by atoms with Crippen LogP contribution in [0.2, 0.25) is 0 Å². The summed E-state index contributed by atoms with van der Waals surface area (Å²) in [5, 5.41) is 3.84. The summed E-state index contributed by atoms with van der Waals surface area (Å²) in [7, 11) is 0. The summed E-state index contributed by atoms with van der Waals surface area (Å²) in [6.45, 7) is 0.256. The summed E-state index contributed by atoms with van der Waals surface area (Å²) in [6, 6.07) is 26.0. The topological polar surface area (TPSA) is 62.3 Å². The van der Waals surface area contributed by atoms with Crippen LogP contribution in [0.3, 0.4) is 0 Å². The third-order valence-electron chi connectivity index (χ3n) is 6.53. The normalized spacial score (nSPS) is 17.8. The van der Waals surface area contributed by atoms with Crippen molar-refractivity contribution in [3.05, 3.63) is 102 Å². The minimum atomic E-state index is -1.09. The van der Waals surface area contributed by atoms with E-state index in [0.717, 1.165) is 16.5 Å². The van der Waals surface area contributed by atoms with Crippen molar-refractivity contribution in [2.45, 2.75) is 25.1 Å². The number of carbonyl (C=O) groups excluding carboxylic acids is 2. The smallest absolute Gasteiger partial charge is 0.254 e. The summed E-state index contributed by atoms with van der Waals surface area (Å²) in [5.41, 5.74) is 3.38. The fourth-order valence-electron chi connectivity index (χ4n) is 4.73. The molecule has 4 aromatic rings. The fraction of sp³-hybridized carbons (Fsp3) is 0.207. The minimum Gasteiger partial charge on any atom is -0.350 e. The number of aromatic nitrogens is 1. The second kappa shape index (κ2) is 10.1. The van der Waals surface area contributed by atoms with Crippen molar-refractivity contribution < 1.29 is 14.0 Å². The lowest BCUT2D eigenvalue weighted by atomic mass is 9.95. The van der Waals surface area contributed by atoms with E-state index in [2.05, 4.69) is 10.3 Å². The number of hydrogen-bond donors (Lipinski definition) is 1. The van der Waals surface area contributed by atoms with Crippen molar-refractivity contribution >= 4 is 22.7 Å². The molecule has 176 valence electrons. The molecule has 5 rings (SSSR count). The lowest BCUT2D eigenvalue weighted by Crippen LogP contribution is -2.52. The van der Waals surface area contributed by atoms with Gasteiger partial charge >= 0.3 is 0 Å². The number of amides is 2. The number of hydrogen-bond acceptors (Lipinski definition) is 3. The number of piperidine rings is 1. The first kappa shape index (κ1) is 22.7. The Kier molecular flexibility index (Phi) is 6.53. The molecule has 1 aliphatic rings. The van der Waals surface area contributed by atoms with Crippen LogP contribution in [-0.4, -0.2) is 47.0 Å². The van der Waals surface area contributed by atoms with E-state index in [4.69, 9.17) is 0 Å². The van der Waals surface area contributed by atoms with E-state index in [0.29, 0.717) is 29.5 Å². The molecule has 3 aromatic carbocycles. The maximum atomic E-state index is 14.5. The average molecular weight is 468 g/mol. The summed E-state index contributed by atoms with van der Waals surface area (Å²) in [5.74, 6) is -0.480. The molecule has 6 heteroatoms. The Balaban J connectivity index is 1.37. The summed E-state index contributed by atoms with van der Waals surface area (Å²) in [4.78, 5) is 32.6. The second-order valence-corrected chi connectivity index (χ2v) is 8.79. The molecule has 1 unspecified atom stereocenters. The van der Waals surface area contributed by atoms with Gasteiger partial charge in [0.15, 0.2) is 0 Å². The molecule has 2 heterocycles. The van der Waals surface area contributed by atoms with Gasteiger partial charge in [-0.05, 0) is 42.2 Å². The monoisotopic (exact) mass is 467 g/mol. The van der Waals surface area contributed by atoms with E-state index in [1.165, 1.54) is 0 Å². The van der Waals surface area contributed by atoms with Crippen molar-refractivity contribution in [1.29, 1.82) is 0 Å². The number of pyridine rings is 1. The Bertz CT molecular complexity index is 1350. The lowest BCUT2D eigenvalue weighted by Gasteiger charge is -2.37. The number of rotatable bonds is 5. The van der Waals surface area contributed by atoms with Gasteiger partial charge in [-0.1, -0.05) is 66.7 Å². The number of halogens is 1. The van der Waals surface area contributed by atoms with Crippen LogP contribution in [0.15, 0.2) is 91.1 Å². The molecule has 1 aromatic heterocycles. The van der Waals surface area contributed by atoms with Crippen molar-refractivity contribution in [3.63, 3.8) is 0 Å². The molecule has 1 fully saturated rings. The van der Waals surface area contributed by atoms with Gasteiger partial charge in [0.25, 0.3) is 11.8 Å². The highest BCUT2D eigenvalue weighted by atomic mass is 19.1. The van der Waals surface area contributed by atoms with Crippen LogP contribution in [0.1, 0.15) is 33.6 Å². The maximum absolute atomic E-state index is 14.5. The SMILES string of the molecule is O=C(NCC1CC[C@H](F)CN1C(=O)c1ccccc1-c1ccccc1)c1cccc2cccnc12. The third-order valence-corrected chi connectivity index (χ3v) is 6.53. The summed E-state index contributed by atoms with van der Waals surface area (Å²) < 4.78 is 14.5. The number of nitrogens with one attached hydrogen (secondary N) is 1. The highest BCUT2D eigenvalue weighted by molar-refractivity contribution is 6.05. The van der Waals surface area contributed by atoms with Crippen LogP contribution in [-0.2, 0) is 0 Å². The zero-order valence-electron chi connectivity index (χ0n) is 19.2. The van der Waals surface area contributed by atoms with Crippen molar-refractivity contribution in [3.8, 4) is 11.1 Å². The average Bonchev–Trinajstić information content (AvgIpc) is 2.92. The van der Waals surface area contributed by atoms with E-state index < -0.39 is 6.17 Å². The van der Waals surface area contributed by atoms with Crippen molar-refractivity contribution in [1.82, 2.24) is 15.2 Å². The Hall–Kier alpha value is -4.06. The quantitative estimate of drug-likeness (QED) is 0.435. The number of likely N-dealkylation sites (tertiary alicyclic amines) is 1. The Morgan fingerprint density at radius 1 is 0.886 bits per heavy atom. The zero-order chi connectivity index (χ0) is 24.2. The van der Waals surface area contributed by atoms with Gasteiger partial charge in [-0.15, -0.1) is 0 Å². The third kappa shape index (κ3) is 4.78. The molecule has 35 heavy (non-hydrogen) atoms. The van der Waals surface area contributed by atoms with Crippen LogP contribution in [0.5, 0.6) is 0 Å². The van der Waals surface area contributed by atoms with Gasteiger partial charge in [-0.25, -0.2) is 4.39 Å². The van der Waals surface area contributed by atoms with E-state index in [1.807, 2.05) is 72.8 Å². The fourth-order valence-corrected chi connectivity index (χ4v) is 4.73. The molecule has 0 radical (unpaired) electrons. The summed E-state index contributed by atoms with van der Waals surface area (Å²) >= 11 is 0. The Labute approximate surface area is 203 Å². The standard InChI is InChI=1S/C29H26FN3O2/c30-22-15-16-23(18-32-28(34)26-14-6-10-21-11-7-17-31-27(21)26)33(19-22)29(35)25-13-5-4-12-24(25)20-8-2-1-3-9-20/h1-14,17,22-23H,15-16,18-19H2,(H,32,34)/t22-,23?/m0/s1. The first-order chi connectivity index (χ1) is 17.1. The molecule has 1 aliphatic heterocycles. The van der Waals surface area contributed by atoms with E-state index in [-0.39, 0.29) is 30.9 Å². The molecule has 0 saturated carbocycles. The highest BCUT2D eigenvalue weighted by Gasteiger charge is 2.33. The predicted molar refractivity (Wildman–Crippen MR) is 135 cm³/mol. The lowest BCUT2D eigenvalue weighted by molar-refractivity contribution is 0.0471. The molecule has 1 N–H and O–H groups in total. The number of para-hydroxylation sites is 1. The maximum Gasteiger partial charge on any atom is 0.254 e. The van der Waals surface area contributed by atoms with E-state index >= 15 is 0 Å². The molecule has 5 nitrogen and oxygen atoms in total. The van der Waals surface area contributed by atoms with E-state index in [1.54, 1.807) is 23.2 Å². The first-order valence-electron chi connectivity index (χ1n) is 11.8. The summed E-state index contributed by atoms with van der Waals surface area (Å²) in [6.07, 6.45) is 1.42. The number of carbonyl (C=O) groups is 2. The minimum absolute atomic E-state index is 0.0122. The van der Waals surface area contributed by atoms with Gasteiger partial charge in [0, 0.05) is 29.7 Å². The van der Waals surface area contributed by atoms with Crippen molar-refractivity contribution in [2.75, 3.05) is 13.1 Å². The molecule has 1 saturated heterocycles. The van der Waals surface area contributed by atoms with Crippen LogP contribution >= 0.6 is 0 Å². The number of fused-ring (bicyclic) bond motifs is 1. The Morgan fingerprint density at radius 2 is 1.63 bits per heavy atom. The molecule has 0 bridgehead atoms. The number of benzene rings is 3. The van der Waals surface area contributed by atoms with Crippen LogP contribution in [0.4, 0.5) is 4.39 Å². The zero-order valence-corrected chi connectivity index (χ0v) is 19.2. The number of nitrogens with zero attached hydrogens (tertiary/aromatic N) is 2. The molecule has 0 aliphatic carbocycles. The van der Waals surface area contributed by atoms with Gasteiger partial charge in [0.1, 0.15) is 6.17 Å². The largest absolute Gasteiger partial charge is 0.350 e. The number of alkyl halides is 1. The van der Waals surface area contributed by atoms with Crippen LogP contribution in [0, 0.1) is 0 Å². The van der Waals surface area contributed by atoms with Crippen LogP contribution in [0.25, 0.3) is 22.0 Å². The Morgan fingerprint density at radius 3 is 2.49 bits per heavy atom. The van der Waals surface area contributed by atoms with Gasteiger partial charge in [0.05, 0.1) is 17.6 Å². The molecular formula is C29H26FN3O2. The highest BCUT2D eigenvalue weighted by Crippen LogP contribution is 2.28. The van der Waals surface area contributed by atoms with Crippen molar-refractivity contribution in [2.24, 2.45) is 0 Å². The molecular weight excluding hydrogens is 441 g/mol. The molecule has 2 amide bonds. The molecule has 0 spiro atoms. The van der Waals surface area contributed by atoms with Crippen LogP contribution < -0.4 is 5.32 Å². The van der Waals surface area contributed by atoms with Gasteiger partial charge < -0.3 is 10.2 Å². The van der Waals surface area contributed by atoms with Gasteiger partial charge in [-0.3, -0.25) is 14.6 Å². The van der Waals surface area contributed by atoms with Gasteiger partial charge in [-0.2, -0.15) is 0 Å². The molecule has 2 atom stereocenters. The second-order valence-electron chi connectivity index (χ2n) is 8.79. The van der Waals surface area contributed by atoms with Gasteiger partial charge in [0.2, 0.25) is 0 Å². The van der Waals surface area contributed by atoms with E-state index in [9.17, 15) is 14.0 Å². The predicted octanol–water partition coefficient (Wildman–Crippen LogP) is 5.27.